The smallest absolute Gasteiger partial charge is 0.191 e. The number of hydrogen-bond acceptors (Lipinski definition) is 3. The molecule has 0 aromatic carbocycles. The molecule has 0 saturated heterocycles. The predicted molar refractivity (Wildman–Crippen MR) is 87.4 cm³/mol. The van der Waals surface area contributed by atoms with Crippen molar-refractivity contribution in [3.63, 3.8) is 0 Å². The highest BCUT2D eigenvalue weighted by molar-refractivity contribution is 5.80. The lowest BCUT2D eigenvalue weighted by molar-refractivity contribution is 0.591. The van der Waals surface area contributed by atoms with Crippen LogP contribution in [0, 0.1) is 5.92 Å². The number of nitrogens with one attached hydrogen (secondary N) is 2. The van der Waals surface area contributed by atoms with Gasteiger partial charge in [0.25, 0.3) is 0 Å². The summed E-state index contributed by atoms with van der Waals surface area (Å²) in [5.74, 6) is 2.47. The van der Waals surface area contributed by atoms with Crippen molar-refractivity contribution in [2.45, 2.75) is 60.0 Å². The van der Waals surface area contributed by atoms with Gasteiger partial charge < -0.3 is 15.2 Å². The Labute approximate surface area is 128 Å². The fourth-order valence-electron chi connectivity index (χ4n) is 1.80. The molecule has 0 fully saturated rings. The Morgan fingerprint density at radius 2 is 2.10 bits per heavy atom. The van der Waals surface area contributed by atoms with E-state index in [0.717, 1.165) is 44.3 Å². The molecule has 1 aromatic heterocycles. The van der Waals surface area contributed by atoms with Crippen LogP contribution in [-0.2, 0) is 13.0 Å². The standard InChI is InChI=1S/C15H30N6/c1-6-13(5)19-15(17-10-12(3)4)16-8-9-21-11-18-20-14(21)7-2/h11-13H,6-10H2,1-5H3,(H2,16,17,19). The van der Waals surface area contributed by atoms with Gasteiger partial charge >= 0.3 is 0 Å². The number of guanidine groups is 1. The fourth-order valence-corrected chi connectivity index (χ4v) is 1.80. The summed E-state index contributed by atoms with van der Waals surface area (Å²) in [4.78, 5) is 4.63. The molecular formula is C15H30N6. The van der Waals surface area contributed by atoms with E-state index in [9.17, 15) is 0 Å². The lowest BCUT2D eigenvalue weighted by atomic mass is 10.2. The van der Waals surface area contributed by atoms with Crippen molar-refractivity contribution in [3.8, 4) is 0 Å². The Morgan fingerprint density at radius 3 is 2.71 bits per heavy atom. The highest BCUT2D eigenvalue weighted by atomic mass is 15.3. The Morgan fingerprint density at radius 1 is 1.33 bits per heavy atom. The summed E-state index contributed by atoms with van der Waals surface area (Å²) in [6, 6.07) is 0.421. The Balaban J connectivity index is 2.50. The van der Waals surface area contributed by atoms with Crippen molar-refractivity contribution in [2.75, 3.05) is 13.1 Å². The van der Waals surface area contributed by atoms with Gasteiger partial charge in [-0.25, -0.2) is 0 Å². The lowest BCUT2D eigenvalue weighted by Crippen LogP contribution is -2.43. The first-order valence-electron chi connectivity index (χ1n) is 7.98. The maximum absolute atomic E-state index is 4.63. The molecule has 0 aliphatic carbocycles. The van der Waals surface area contributed by atoms with Crippen LogP contribution in [0.1, 0.15) is 46.9 Å². The number of hydrogen-bond donors (Lipinski definition) is 2. The van der Waals surface area contributed by atoms with Crippen molar-refractivity contribution < 1.29 is 0 Å². The average Bonchev–Trinajstić information content (AvgIpc) is 2.91. The molecule has 0 amide bonds. The molecule has 120 valence electrons. The van der Waals surface area contributed by atoms with Crippen molar-refractivity contribution in [2.24, 2.45) is 10.9 Å². The van der Waals surface area contributed by atoms with Crippen LogP contribution in [-0.4, -0.2) is 39.9 Å². The van der Waals surface area contributed by atoms with Crippen LogP contribution in [0.3, 0.4) is 0 Å². The van der Waals surface area contributed by atoms with Crippen LogP contribution in [0.5, 0.6) is 0 Å². The molecule has 0 aliphatic heterocycles. The fraction of sp³-hybridized carbons (Fsp3) is 0.800. The summed E-state index contributed by atoms with van der Waals surface area (Å²) in [6.45, 7) is 13.3. The molecule has 0 bridgehead atoms. The van der Waals surface area contributed by atoms with Crippen molar-refractivity contribution in [1.29, 1.82) is 0 Å². The zero-order chi connectivity index (χ0) is 15.7. The van der Waals surface area contributed by atoms with Crippen LogP contribution in [0.2, 0.25) is 0 Å². The second-order valence-electron chi connectivity index (χ2n) is 5.76. The molecular weight excluding hydrogens is 264 g/mol. The van der Waals surface area contributed by atoms with Crippen molar-refractivity contribution >= 4 is 5.96 Å². The molecule has 1 unspecified atom stereocenters. The SMILES string of the molecule is CCc1nncn1CCNC(=NCC(C)C)NC(C)CC. The summed E-state index contributed by atoms with van der Waals surface area (Å²) < 4.78 is 2.08. The first-order valence-corrected chi connectivity index (χ1v) is 7.98. The molecule has 6 nitrogen and oxygen atoms in total. The van der Waals surface area contributed by atoms with Crippen LogP contribution >= 0.6 is 0 Å². The van der Waals surface area contributed by atoms with E-state index in [1.54, 1.807) is 6.33 Å². The minimum Gasteiger partial charge on any atom is -0.355 e. The summed E-state index contributed by atoms with van der Waals surface area (Å²) in [7, 11) is 0. The summed E-state index contributed by atoms with van der Waals surface area (Å²) in [6.07, 6.45) is 3.76. The summed E-state index contributed by atoms with van der Waals surface area (Å²) in [5.41, 5.74) is 0. The summed E-state index contributed by atoms with van der Waals surface area (Å²) >= 11 is 0. The van der Waals surface area contributed by atoms with Gasteiger partial charge in [0, 0.05) is 32.1 Å². The van der Waals surface area contributed by atoms with Gasteiger partial charge in [-0.1, -0.05) is 27.7 Å². The third-order valence-electron chi connectivity index (χ3n) is 3.27. The third-order valence-corrected chi connectivity index (χ3v) is 3.27. The molecule has 6 heteroatoms. The minimum absolute atomic E-state index is 0.421. The average molecular weight is 294 g/mol. The molecule has 1 atom stereocenters. The second-order valence-corrected chi connectivity index (χ2v) is 5.76. The number of rotatable bonds is 8. The molecule has 1 heterocycles. The van der Waals surface area contributed by atoms with Gasteiger partial charge in [0.05, 0.1) is 0 Å². The van der Waals surface area contributed by atoms with Gasteiger partial charge in [0.1, 0.15) is 12.2 Å². The quantitative estimate of drug-likeness (QED) is 0.567. The van der Waals surface area contributed by atoms with Gasteiger partial charge in [-0.2, -0.15) is 0 Å². The highest BCUT2D eigenvalue weighted by Gasteiger charge is 2.05. The van der Waals surface area contributed by atoms with E-state index in [1.165, 1.54) is 0 Å². The van der Waals surface area contributed by atoms with E-state index < -0.39 is 0 Å². The maximum atomic E-state index is 4.63. The molecule has 21 heavy (non-hydrogen) atoms. The lowest BCUT2D eigenvalue weighted by Gasteiger charge is -2.17. The van der Waals surface area contributed by atoms with Crippen LogP contribution in [0.15, 0.2) is 11.3 Å². The predicted octanol–water partition coefficient (Wildman–Crippen LogP) is 1.83. The van der Waals surface area contributed by atoms with Crippen LogP contribution < -0.4 is 10.6 Å². The van der Waals surface area contributed by atoms with Gasteiger partial charge in [0.2, 0.25) is 0 Å². The molecule has 2 N–H and O–H groups in total. The monoisotopic (exact) mass is 294 g/mol. The third kappa shape index (κ3) is 6.60. The first-order chi connectivity index (χ1) is 10.1. The number of aliphatic imine (C=N–C) groups is 1. The Bertz CT molecular complexity index is 424. The highest BCUT2D eigenvalue weighted by Crippen LogP contribution is 1.96. The summed E-state index contributed by atoms with van der Waals surface area (Å²) in [5, 5.41) is 14.9. The van der Waals surface area contributed by atoms with E-state index in [-0.39, 0.29) is 0 Å². The Hall–Kier alpha value is -1.59. The van der Waals surface area contributed by atoms with Gasteiger partial charge in [-0.05, 0) is 19.3 Å². The number of aryl methyl sites for hydroxylation is 1. The van der Waals surface area contributed by atoms with Crippen LogP contribution in [0.25, 0.3) is 0 Å². The van der Waals surface area contributed by atoms with Gasteiger partial charge in [-0.3, -0.25) is 4.99 Å². The molecule has 0 saturated carbocycles. The molecule has 0 spiro atoms. The zero-order valence-corrected chi connectivity index (χ0v) is 14.1. The van der Waals surface area contributed by atoms with E-state index in [1.807, 2.05) is 0 Å². The second kappa shape index (κ2) is 9.37. The normalized spacial score (nSPS) is 13.5. The van der Waals surface area contributed by atoms with E-state index >= 15 is 0 Å². The maximum Gasteiger partial charge on any atom is 0.191 e. The van der Waals surface area contributed by atoms with Crippen LogP contribution in [0.4, 0.5) is 0 Å². The topological polar surface area (TPSA) is 67.1 Å². The van der Waals surface area contributed by atoms with Crippen molar-refractivity contribution in [1.82, 2.24) is 25.4 Å². The Kier molecular flexibility index (Phi) is 7.79. The zero-order valence-electron chi connectivity index (χ0n) is 14.1. The molecule has 1 aromatic rings. The van der Waals surface area contributed by atoms with Gasteiger partial charge in [-0.15, -0.1) is 10.2 Å². The van der Waals surface area contributed by atoms with Crippen molar-refractivity contribution in [3.05, 3.63) is 12.2 Å². The van der Waals surface area contributed by atoms with Gasteiger partial charge in [0.15, 0.2) is 5.96 Å². The molecule has 0 radical (unpaired) electrons. The largest absolute Gasteiger partial charge is 0.355 e. The van der Waals surface area contributed by atoms with E-state index in [2.05, 4.69) is 65.0 Å². The molecule has 1 rings (SSSR count). The number of aromatic nitrogens is 3. The number of nitrogens with zero attached hydrogens (tertiary/aromatic N) is 4. The minimum atomic E-state index is 0.421. The van der Waals surface area contributed by atoms with E-state index in [0.29, 0.717) is 12.0 Å². The van der Waals surface area contributed by atoms with E-state index in [4.69, 9.17) is 0 Å². The first kappa shape index (κ1) is 17.5. The molecule has 0 aliphatic rings.